The number of rotatable bonds is 8. The molecule has 0 saturated carbocycles. The molecule has 2 N–H and O–H groups in total. The first kappa shape index (κ1) is 25.9. The maximum atomic E-state index is 13.2. The fourth-order valence-corrected chi connectivity index (χ4v) is 5.17. The van der Waals surface area contributed by atoms with Crippen LogP contribution in [-0.4, -0.2) is 79.2 Å². The molecule has 2 aromatic rings. The number of carboxylic acids is 2. The first-order valence-corrected chi connectivity index (χ1v) is 12.1. The number of hydrogen-bond donors (Lipinski definition) is 2. The summed E-state index contributed by atoms with van der Waals surface area (Å²) in [4.78, 5) is 21.6. The Balaban J connectivity index is 0.000000534. The second-order valence-corrected chi connectivity index (χ2v) is 9.76. The number of thiophene rings is 1. The molecular weight excluding hydrogens is 463 g/mol. The summed E-state index contributed by atoms with van der Waals surface area (Å²) < 4.78 is 46.1. The molecule has 0 aliphatic carbocycles. The SMILES string of the molecule is O=C(O)C(=O)O.O=S(=O)(c1ccc(F)cc1)N(CCCN1CCOCC1)Cc1cccs1. The summed E-state index contributed by atoms with van der Waals surface area (Å²) in [5, 5.41) is 16.7. The van der Waals surface area contributed by atoms with Crippen molar-refractivity contribution in [1.82, 2.24) is 9.21 Å². The molecule has 1 aromatic carbocycles. The number of sulfonamides is 1. The van der Waals surface area contributed by atoms with Crippen molar-refractivity contribution in [2.75, 3.05) is 39.4 Å². The van der Waals surface area contributed by atoms with Crippen LogP contribution in [0.15, 0.2) is 46.7 Å². The van der Waals surface area contributed by atoms with Crippen molar-refractivity contribution in [2.45, 2.75) is 17.9 Å². The molecule has 12 heteroatoms. The first-order chi connectivity index (χ1) is 15.2. The van der Waals surface area contributed by atoms with Gasteiger partial charge in [0.15, 0.2) is 0 Å². The highest BCUT2D eigenvalue weighted by atomic mass is 32.2. The lowest BCUT2D eigenvalue weighted by molar-refractivity contribution is -0.159. The minimum atomic E-state index is -3.67. The molecule has 2 heterocycles. The number of hydrogen-bond acceptors (Lipinski definition) is 7. The summed E-state index contributed by atoms with van der Waals surface area (Å²) in [5.41, 5.74) is 0. The number of nitrogens with zero attached hydrogens (tertiary/aromatic N) is 2. The number of ether oxygens (including phenoxy) is 1. The third-order valence-electron chi connectivity index (χ3n) is 4.53. The van der Waals surface area contributed by atoms with Crippen LogP contribution in [0.4, 0.5) is 4.39 Å². The third kappa shape index (κ3) is 8.28. The van der Waals surface area contributed by atoms with Crippen molar-refractivity contribution in [2.24, 2.45) is 0 Å². The molecule has 0 bridgehead atoms. The molecule has 3 rings (SSSR count). The van der Waals surface area contributed by atoms with E-state index in [0.29, 0.717) is 13.1 Å². The van der Waals surface area contributed by atoms with Gasteiger partial charge in [-0.2, -0.15) is 4.31 Å². The summed E-state index contributed by atoms with van der Waals surface area (Å²) in [6.45, 7) is 4.82. The molecule has 0 unspecified atom stereocenters. The number of morpholine rings is 1. The Kier molecular flexibility index (Phi) is 10.2. The Hall–Kier alpha value is -2.38. The third-order valence-corrected chi connectivity index (χ3v) is 7.25. The lowest BCUT2D eigenvalue weighted by Gasteiger charge is -2.28. The zero-order valence-corrected chi connectivity index (χ0v) is 18.9. The van der Waals surface area contributed by atoms with Crippen LogP contribution >= 0.6 is 11.3 Å². The van der Waals surface area contributed by atoms with Gasteiger partial charge in [0.05, 0.1) is 18.1 Å². The van der Waals surface area contributed by atoms with Gasteiger partial charge in [-0.25, -0.2) is 22.4 Å². The maximum absolute atomic E-state index is 13.2. The van der Waals surface area contributed by atoms with Crippen LogP contribution in [0.2, 0.25) is 0 Å². The highest BCUT2D eigenvalue weighted by Gasteiger charge is 2.25. The monoisotopic (exact) mass is 488 g/mol. The molecule has 32 heavy (non-hydrogen) atoms. The van der Waals surface area contributed by atoms with E-state index in [1.807, 2.05) is 17.5 Å². The molecule has 0 amide bonds. The predicted octanol–water partition coefficient (Wildman–Crippen LogP) is 1.96. The van der Waals surface area contributed by atoms with Crippen molar-refractivity contribution in [3.8, 4) is 0 Å². The summed E-state index contributed by atoms with van der Waals surface area (Å²) in [6.07, 6.45) is 0.742. The van der Waals surface area contributed by atoms with Crippen LogP contribution in [0.3, 0.4) is 0 Å². The summed E-state index contributed by atoms with van der Waals surface area (Å²) in [6, 6.07) is 8.87. The van der Waals surface area contributed by atoms with Gasteiger partial charge in [-0.05, 0) is 48.7 Å². The molecule has 1 fully saturated rings. The van der Waals surface area contributed by atoms with Gasteiger partial charge in [-0.15, -0.1) is 11.3 Å². The Morgan fingerprint density at radius 1 is 1.09 bits per heavy atom. The van der Waals surface area contributed by atoms with Crippen molar-refractivity contribution in [3.63, 3.8) is 0 Å². The molecule has 1 saturated heterocycles. The fourth-order valence-electron chi connectivity index (χ4n) is 2.91. The van der Waals surface area contributed by atoms with Crippen LogP contribution in [0.1, 0.15) is 11.3 Å². The zero-order valence-electron chi connectivity index (χ0n) is 17.2. The van der Waals surface area contributed by atoms with Crippen molar-refractivity contribution in [1.29, 1.82) is 0 Å². The van der Waals surface area contributed by atoms with E-state index < -0.39 is 27.8 Å². The fraction of sp³-hybridized carbons (Fsp3) is 0.400. The second kappa shape index (κ2) is 12.6. The molecule has 0 atom stereocenters. The van der Waals surface area contributed by atoms with Crippen LogP contribution < -0.4 is 0 Å². The van der Waals surface area contributed by atoms with Crippen molar-refractivity contribution >= 4 is 33.3 Å². The van der Waals surface area contributed by atoms with Gasteiger partial charge < -0.3 is 14.9 Å². The second-order valence-electron chi connectivity index (χ2n) is 6.79. The van der Waals surface area contributed by atoms with Crippen molar-refractivity contribution in [3.05, 3.63) is 52.5 Å². The molecule has 9 nitrogen and oxygen atoms in total. The Bertz CT molecular complexity index is 948. The van der Waals surface area contributed by atoms with Gasteiger partial charge >= 0.3 is 11.9 Å². The minimum Gasteiger partial charge on any atom is -0.473 e. The average molecular weight is 489 g/mol. The lowest BCUT2D eigenvalue weighted by atomic mass is 10.3. The average Bonchev–Trinajstić information content (AvgIpc) is 3.28. The molecule has 1 aliphatic rings. The Morgan fingerprint density at radius 3 is 2.25 bits per heavy atom. The Morgan fingerprint density at radius 2 is 1.72 bits per heavy atom. The molecule has 0 radical (unpaired) electrons. The first-order valence-electron chi connectivity index (χ1n) is 9.74. The van der Waals surface area contributed by atoms with E-state index in [1.54, 1.807) is 0 Å². The highest BCUT2D eigenvalue weighted by molar-refractivity contribution is 7.89. The number of carboxylic acid groups (broad SMARTS) is 2. The topological polar surface area (TPSA) is 124 Å². The summed E-state index contributed by atoms with van der Waals surface area (Å²) in [5.74, 6) is -4.09. The largest absolute Gasteiger partial charge is 0.473 e. The van der Waals surface area contributed by atoms with Gasteiger partial charge in [0.25, 0.3) is 0 Å². The van der Waals surface area contributed by atoms with Gasteiger partial charge in [0, 0.05) is 31.1 Å². The van der Waals surface area contributed by atoms with E-state index in [2.05, 4.69) is 4.90 Å². The standard InChI is InChI=1S/C18H23FN2O3S2.C2H2O4/c19-16-4-6-18(7-5-16)26(22,23)21(15-17-3-1-14-25-17)9-2-8-20-10-12-24-13-11-20;3-1(4)2(5)6/h1,3-7,14H,2,8-13,15H2;(H,3,4)(H,5,6). The van der Waals surface area contributed by atoms with Gasteiger partial charge in [0.2, 0.25) is 10.0 Å². The molecule has 176 valence electrons. The van der Waals surface area contributed by atoms with E-state index in [9.17, 15) is 12.8 Å². The zero-order chi connectivity index (χ0) is 23.6. The normalized spacial score (nSPS) is 14.6. The maximum Gasteiger partial charge on any atom is 0.414 e. The van der Waals surface area contributed by atoms with Crippen LogP contribution in [0.5, 0.6) is 0 Å². The van der Waals surface area contributed by atoms with Crippen molar-refractivity contribution < 1.29 is 37.3 Å². The molecular formula is C20H25FN2O7S2. The van der Waals surface area contributed by atoms with Gasteiger partial charge in [-0.3, -0.25) is 4.90 Å². The van der Waals surface area contributed by atoms with E-state index in [0.717, 1.165) is 44.1 Å². The number of halogens is 1. The van der Waals surface area contributed by atoms with Crippen LogP contribution in [0.25, 0.3) is 0 Å². The number of carbonyl (C=O) groups is 2. The molecule has 1 aliphatic heterocycles. The summed E-state index contributed by atoms with van der Waals surface area (Å²) in [7, 11) is -3.67. The van der Waals surface area contributed by atoms with E-state index in [-0.39, 0.29) is 4.90 Å². The van der Waals surface area contributed by atoms with E-state index in [4.69, 9.17) is 24.5 Å². The lowest BCUT2D eigenvalue weighted by Crippen LogP contribution is -2.39. The summed E-state index contributed by atoms with van der Waals surface area (Å²) >= 11 is 1.53. The number of benzene rings is 1. The highest BCUT2D eigenvalue weighted by Crippen LogP contribution is 2.21. The van der Waals surface area contributed by atoms with Crippen LogP contribution in [0, 0.1) is 5.82 Å². The molecule has 0 spiro atoms. The van der Waals surface area contributed by atoms with Gasteiger partial charge in [-0.1, -0.05) is 6.07 Å². The van der Waals surface area contributed by atoms with Gasteiger partial charge in [0.1, 0.15) is 5.82 Å². The Labute approximate surface area is 189 Å². The minimum absolute atomic E-state index is 0.127. The van der Waals surface area contributed by atoms with Crippen LogP contribution in [-0.2, 0) is 30.9 Å². The number of aliphatic carboxylic acids is 2. The van der Waals surface area contributed by atoms with E-state index >= 15 is 0 Å². The van der Waals surface area contributed by atoms with E-state index in [1.165, 1.54) is 39.9 Å². The quantitative estimate of drug-likeness (QED) is 0.541. The predicted molar refractivity (Wildman–Crippen MR) is 115 cm³/mol. The molecule has 1 aromatic heterocycles. The smallest absolute Gasteiger partial charge is 0.414 e.